The summed E-state index contributed by atoms with van der Waals surface area (Å²) in [5.41, 5.74) is 3.60. The van der Waals surface area contributed by atoms with E-state index in [1.807, 2.05) is 30.3 Å². The number of rotatable bonds is 5. The Balaban J connectivity index is 1.35. The van der Waals surface area contributed by atoms with Gasteiger partial charge in [0.1, 0.15) is 0 Å². The van der Waals surface area contributed by atoms with Gasteiger partial charge >= 0.3 is 0 Å². The second-order valence-corrected chi connectivity index (χ2v) is 10.3. The first-order valence-electron chi connectivity index (χ1n) is 10.2. The molecule has 0 spiro atoms. The van der Waals surface area contributed by atoms with Gasteiger partial charge in [-0.2, -0.15) is 0 Å². The van der Waals surface area contributed by atoms with E-state index in [2.05, 4.69) is 32.4 Å². The summed E-state index contributed by atoms with van der Waals surface area (Å²) in [5.74, 6) is 0.420. The standard InChI is InChI=1S/C21H23N5O3S/c27-21(22-17-8-9-17)20-23-19-3-1-2-18(26(19)24-20)16-6-4-15(5-7-16)14-25-10-12-30(28,29)13-11-25/h1-7,17H,8-14H2,(H,22,27). The Morgan fingerprint density at radius 2 is 1.80 bits per heavy atom. The maximum atomic E-state index is 12.3. The second kappa shape index (κ2) is 7.48. The topological polar surface area (TPSA) is 96.7 Å². The molecule has 1 amide bonds. The number of fused-ring (bicyclic) bond motifs is 1. The zero-order chi connectivity index (χ0) is 20.7. The number of carbonyl (C=O) groups excluding carboxylic acids is 1. The van der Waals surface area contributed by atoms with E-state index in [-0.39, 0.29) is 29.3 Å². The fourth-order valence-electron chi connectivity index (χ4n) is 3.65. The summed E-state index contributed by atoms with van der Waals surface area (Å²) in [5, 5.41) is 7.35. The number of benzene rings is 1. The van der Waals surface area contributed by atoms with Crippen molar-refractivity contribution in [1.82, 2.24) is 24.8 Å². The lowest BCUT2D eigenvalue weighted by atomic mass is 10.1. The number of hydrogen-bond donors (Lipinski definition) is 1. The van der Waals surface area contributed by atoms with E-state index in [9.17, 15) is 13.2 Å². The van der Waals surface area contributed by atoms with Gasteiger partial charge in [0.05, 0.1) is 17.2 Å². The molecule has 3 aromatic rings. The van der Waals surface area contributed by atoms with Crippen LogP contribution in [-0.4, -0.2) is 64.5 Å². The minimum atomic E-state index is -2.86. The fourth-order valence-corrected chi connectivity index (χ4v) is 4.92. The van der Waals surface area contributed by atoms with Crippen molar-refractivity contribution in [2.75, 3.05) is 24.6 Å². The van der Waals surface area contributed by atoms with Crippen LogP contribution in [0, 0.1) is 0 Å². The monoisotopic (exact) mass is 425 g/mol. The maximum absolute atomic E-state index is 12.3. The molecular weight excluding hydrogens is 402 g/mol. The van der Waals surface area contributed by atoms with E-state index < -0.39 is 9.84 Å². The molecule has 0 unspecified atom stereocenters. The maximum Gasteiger partial charge on any atom is 0.291 e. The molecule has 1 N–H and O–H groups in total. The minimum absolute atomic E-state index is 0.186. The zero-order valence-electron chi connectivity index (χ0n) is 16.5. The molecule has 3 heterocycles. The van der Waals surface area contributed by atoms with E-state index in [0.29, 0.717) is 18.7 Å². The quantitative estimate of drug-likeness (QED) is 0.666. The molecule has 1 aliphatic carbocycles. The third-order valence-corrected chi connectivity index (χ3v) is 7.18. The summed E-state index contributed by atoms with van der Waals surface area (Å²) >= 11 is 0. The van der Waals surface area contributed by atoms with Crippen molar-refractivity contribution in [2.45, 2.75) is 25.4 Å². The SMILES string of the molecule is O=C(NC1CC1)c1nc2cccc(-c3ccc(CN4CCS(=O)(=O)CC4)cc3)n2n1. The first-order chi connectivity index (χ1) is 14.5. The van der Waals surface area contributed by atoms with Gasteiger partial charge in [-0.25, -0.2) is 17.9 Å². The Labute approximate surface area is 174 Å². The summed E-state index contributed by atoms with van der Waals surface area (Å²) < 4.78 is 24.9. The Bertz CT molecular complexity index is 1190. The van der Waals surface area contributed by atoms with E-state index in [0.717, 1.165) is 36.2 Å². The van der Waals surface area contributed by atoms with Crippen molar-refractivity contribution in [3.05, 3.63) is 53.9 Å². The molecule has 1 saturated heterocycles. The van der Waals surface area contributed by atoms with Crippen LogP contribution in [0.3, 0.4) is 0 Å². The number of nitrogens with zero attached hydrogens (tertiary/aromatic N) is 4. The predicted octanol–water partition coefficient (Wildman–Crippen LogP) is 1.52. The van der Waals surface area contributed by atoms with Gasteiger partial charge in [-0.15, -0.1) is 5.10 Å². The highest BCUT2D eigenvalue weighted by Gasteiger charge is 2.26. The lowest BCUT2D eigenvalue weighted by Gasteiger charge is -2.26. The Morgan fingerprint density at radius 1 is 1.07 bits per heavy atom. The molecule has 2 aromatic heterocycles. The number of pyridine rings is 1. The van der Waals surface area contributed by atoms with Gasteiger partial charge in [0, 0.05) is 31.2 Å². The van der Waals surface area contributed by atoms with Gasteiger partial charge in [0.15, 0.2) is 15.5 Å². The molecule has 30 heavy (non-hydrogen) atoms. The highest BCUT2D eigenvalue weighted by molar-refractivity contribution is 7.91. The highest BCUT2D eigenvalue weighted by atomic mass is 32.2. The van der Waals surface area contributed by atoms with Crippen LogP contribution >= 0.6 is 0 Å². The average molecular weight is 426 g/mol. The molecule has 0 bridgehead atoms. The number of sulfone groups is 1. The van der Waals surface area contributed by atoms with Crippen LogP contribution in [0.1, 0.15) is 29.0 Å². The smallest absolute Gasteiger partial charge is 0.291 e. The average Bonchev–Trinajstić information content (AvgIpc) is 3.43. The summed E-state index contributed by atoms with van der Waals surface area (Å²) in [6, 6.07) is 14.1. The first kappa shape index (κ1) is 19.2. The fraction of sp³-hybridized carbons (Fsp3) is 0.381. The van der Waals surface area contributed by atoms with Gasteiger partial charge in [-0.1, -0.05) is 30.3 Å². The molecule has 1 aliphatic heterocycles. The van der Waals surface area contributed by atoms with Crippen LogP contribution in [0.15, 0.2) is 42.5 Å². The van der Waals surface area contributed by atoms with Gasteiger partial charge in [0.25, 0.3) is 5.91 Å². The molecule has 2 fully saturated rings. The highest BCUT2D eigenvalue weighted by Crippen LogP contribution is 2.22. The molecule has 1 saturated carbocycles. The van der Waals surface area contributed by atoms with E-state index >= 15 is 0 Å². The number of nitrogens with one attached hydrogen (secondary N) is 1. The van der Waals surface area contributed by atoms with Gasteiger partial charge in [-0.05, 0) is 30.5 Å². The molecule has 156 valence electrons. The Hall–Kier alpha value is -2.78. The summed E-state index contributed by atoms with van der Waals surface area (Å²) in [7, 11) is -2.86. The van der Waals surface area contributed by atoms with Crippen molar-refractivity contribution in [2.24, 2.45) is 0 Å². The predicted molar refractivity (Wildman–Crippen MR) is 113 cm³/mol. The van der Waals surface area contributed by atoms with E-state index in [1.165, 1.54) is 0 Å². The van der Waals surface area contributed by atoms with E-state index in [1.54, 1.807) is 4.52 Å². The number of aromatic nitrogens is 3. The Kier molecular flexibility index (Phi) is 4.79. The molecule has 9 heteroatoms. The van der Waals surface area contributed by atoms with E-state index in [4.69, 9.17) is 0 Å². The van der Waals surface area contributed by atoms with Gasteiger partial charge in [0.2, 0.25) is 5.82 Å². The third-order valence-electron chi connectivity index (χ3n) is 5.57. The zero-order valence-corrected chi connectivity index (χ0v) is 17.3. The van der Waals surface area contributed by atoms with Crippen LogP contribution < -0.4 is 5.32 Å². The van der Waals surface area contributed by atoms with Crippen molar-refractivity contribution in [3.8, 4) is 11.3 Å². The van der Waals surface area contributed by atoms with Gasteiger partial charge < -0.3 is 5.32 Å². The molecule has 5 rings (SSSR count). The van der Waals surface area contributed by atoms with Crippen molar-refractivity contribution >= 4 is 21.4 Å². The molecule has 0 atom stereocenters. The van der Waals surface area contributed by atoms with Crippen LogP contribution in [-0.2, 0) is 16.4 Å². The minimum Gasteiger partial charge on any atom is -0.347 e. The molecule has 0 radical (unpaired) electrons. The van der Waals surface area contributed by atoms with Crippen molar-refractivity contribution < 1.29 is 13.2 Å². The van der Waals surface area contributed by atoms with Crippen LogP contribution in [0.5, 0.6) is 0 Å². The lowest BCUT2D eigenvalue weighted by molar-refractivity contribution is 0.0941. The van der Waals surface area contributed by atoms with Crippen LogP contribution in [0.2, 0.25) is 0 Å². The molecule has 2 aliphatic rings. The number of amides is 1. The van der Waals surface area contributed by atoms with Crippen molar-refractivity contribution in [1.29, 1.82) is 0 Å². The van der Waals surface area contributed by atoms with Crippen LogP contribution in [0.4, 0.5) is 0 Å². The molecule has 8 nitrogen and oxygen atoms in total. The largest absolute Gasteiger partial charge is 0.347 e. The molecular formula is C21H23N5O3S. The summed E-state index contributed by atoms with van der Waals surface area (Å²) in [6.45, 7) is 1.89. The third kappa shape index (κ3) is 4.08. The Morgan fingerprint density at radius 3 is 2.50 bits per heavy atom. The number of hydrogen-bond acceptors (Lipinski definition) is 6. The lowest BCUT2D eigenvalue weighted by Crippen LogP contribution is -2.39. The first-order valence-corrected chi connectivity index (χ1v) is 12.0. The van der Waals surface area contributed by atoms with Crippen molar-refractivity contribution in [3.63, 3.8) is 0 Å². The normalized spacial score (nSPS) is 19.1. The molecule has 1 aromatic carbocycles. The van der Waals surface area contributed by atoms with Gasteiger partial charge in [-0.3, -0.25) is 9.69 Å². The summed E-state index contributed by atoms with van der Waals surface area (Å²) in [4.78, 5) is 18.8. The number of carbonyl (C=O) groups is 1. The second-order valence-electron chi connectivity index (χ2n) is 7.99. The summed E-state index contributed by atoms with van der Waals surface area (Å²) in [6.07, 6.45) is 2.04. The van der Waals surface area contributed by atoms with Crippen LogP contribution in [0.25, 0.3) is 16.9 Å².